The van der Waals surface area contributed by atoms with Gasteiger partial charge in [-0.1, -0.05) is 11.6 Å². The lowest BCUT2D eigenvalue weighted by Gasteiger charge is -2.17. The molecule has 0 aliphatic rings. The Kier molecular flexibility index (Phi) is 5.81. The maximum absolute atomic E-state index is 14.0. The number of aromatic carboxylic acids is 1. The summed E-state index contributed by atoms with van der Waals surface area (Å²) >= 11 is 7.10. The van der Waals surface area contributed by atoms with Gasteiger partial charge in [-0.15, -0.1) is 0 Å². The monoisotopic (exact) mass is 341 g/mol. The van der Waals surface area contributed by atoms with E-state index in [1.165, 1.54) is 18.8 Å². The van der Waals surface area contributed by atoms with Crippen LogP contribution in [0.15, 0.2) is 17.0 Å². The van der Waals surface area contributed by atoms with Gasteiger partial charge < -0.3 is 5.11 Å². The first-order valence-electron chi connectivity index (χ1n) is 5.39. The molecule has 20 heavy (non-hydrogen) atoms. The van der Waals surface area contributed by atoms with E-state index < -0.39 is 32.3 Å². The molecule has 9 heteroatoms. The van der Waals surface area contributed by atoms with Gasteiger partial charge in [0.2, 0.25) is 10.0 Å². The summed E-state index contributed by atoms with van der Waals surface area (Å²) in [5.74, 6) is -2.35. The van der Waals surface area contributed by atoms with Crippen molar-refractivity contribution < 1.29 is 22.7 Å². The van der Waals surface area contributed by atoms with Gasteiger partial charge in [-0.3, -0.25) is 0 Å². The highest BCUT2D eigenvalue weighted by Crippen LogP contribution is 2.26. The summed E-state index contributed by atoms with van der Waals surface area (Å²) in [6.45, 7) is 0.178. The molecule has 0 bridgehead atoms. The number of carboxylic acids is 1. The van der Waals surface area contributed by atoms with Crippen LogP contribution in [-0.4, -0.2) is 49.4 Å². The third-order valence-electron chi connectivity index (χ3n) is 2.53. The summed E-state index contributed by atoms with van der Waals surface area (Å²) in [6.07, 6.45) is 1.81. The number of hydrogen-bond donors (Lipinski definition) is 1. The second-order valence-electron chi connectivity index (χ2n) is 3.89. The first kappa shape index (κ1) is 17.2. The minimum atomic E-state index is -4.12. The zero-order valence-electron chi connectivity index (χ0n) is 10.8. The number of carbonyl (C=O) groups is 1. The quantitative estimate of drug-likeness (QED) is 0.858. The number of halogens is 2. The fourth-order valence-corrected chi connectivity index (χ4v) is 3.55. The molecule has 0 spiro atoms. The van der Waals surface area contributed by atoms with Crippen LogP contribution >= 0.6 is 23.4 Å². The van der Waals surface area contributed by atoms with Gasteiger partial charge >= 0.3 is 5.97 Å². The Morgan fingerprint density at radius 2 is 2.10 bits per heavy atom. The van der Waals surface area contributed by atoms with Crippen molar-refractivity contribution in [1.82, 2.24) is 4.31 Å². The van der Waals surface area contributed by atoms with Crippen molar-refractivity contribution in [2.24, 2.45) is 0 Å². The highest BCUT2D eigenvalue weighted by molar-refractivity contribution is 7.98. The van der Waals surface area contributed by atoms with Gasteiger partial charge in [-0.05, 0) is 18.4 Å². The van der Waals surface area contributed by atoms with Crippen LogP contribution in [0.1, 0.15) is 10.4 Å². The fraction of sp³-hybridized carbons (Fsp3) is 0.364. The summed E-state index contributed by atoms with van der Waals surface area (Å²) in [7, 11) is -2.83. The fourth-order valence-electron chi connectivity index (χ4n) is 1.42. The van der Waals surface area contributed by atoms with Crippen molar-refractivity contribution in [2.45, 2.75) is 4.90 Å². The number of hydrogen-bond acceptors (Lipinski definition) is 4. The Morgan fingerprint density at radius 1 is 1.50 bits per heavy atom. The molecule has 1 aromatic rings. The van der Waals surface area contributed by atoms with E-state index in [2.05, 4.69) is 0 Å². The number of nitrogens with zero attached hydrogens (tertiary/aromatic N) is 1. The molecule has 0 aromatic heterocycles. The average molecular weight is 342 g/mol. The average Bonchev–Trinajstić information content (AvgIpc) is 2.37. The zero-order valence-corrected chi connectivity index (χ0v) is 13.1. The molecule has 0 heterocycles. The molecule has 112 valence electrons. The SMILES string of the molecule is CSCCN(C)S(=O)(=O)c1cc(Cl)cc(C(=O)O)c1F. The van der Waals surface area contributed by atoms with Crippen molar-refractivity contribution in [3.8, 4) is 0 Å². The van der Waals surface area contributed by atoms with Gasteiger partial charge in [0.1, 0.15) is 4.90 Å². The highest BCUT2D eigenvalue weighted by atomic mass is 35.5. The Morgan fingerprint density at radius 3 is 2.60 bits per heavy atom. The summed E-state index contributed by atoms with van der Waals surface area (Å²) < 4.78 is 39.4. The van der Waals surface area contributed by atoms with E-state index >= 15 is 0 Å². The van der Waals surface area contributed by atoms with E-state index in [1.54, 1.807) is 0 Å². The third kappa shape index (κ3) is 3.63. The molecule has 0 unspecified atom stereocenters. The van der Waals surface area contributed by atoms with Crippen molar-refractivity contribution >= 4 is 39.4 Å². The second kappa shape index (κ2) is 6.75. The Balaban J connectivity index is 3.35. The van der Waals surface area contributed by atoms with E-state index in [0.717, 1.165) is 16.4 Å². The first-order valence-corrected chi connectivity index (χ1v) is 8.60. The Bertz CT molecular complexity index is 621. The van der Waals surface area contributed by atoms with Crippen molar-refractivity contribution in [2.75, 3.05) is 25.6 Å². The van der Waals surface area contributed by atoms with E-state index in [9.17, 15) is 17.6 Å². The van der Waals surface area contributed by atoms with Crippen LogP contribution in [0.5, 0.6) is 0 Å². The lowest BCUT2D eigenvalue weighted by molar-refractivity contribution is 0.0691. The van der Waals surface area contributed by atoms with Gasteiger partial charge in [0, 0.05) is 24.4 Å². The smallest absolute Gasteiger partial charge is 0.338 e. The molecule has 0 atom stereocenters. The predicted molar refractivity (Wildman–Crippen MR) is 76.6 cm³/mol. The molecule has 1 aromatic carbocycles. The van der Waals surface area contributed by atoms with Gasteiger partial charge in [0.05, 0.1) is 5.56 Å². The van der Waals surface area contributed by atoms with E-state index in [0.29, 0.717) is 5.75 Å². The summed E-state index contributed by atoms with van der Waals surface area (Å²) in [5.41, 5.74) is -0.769. The zero-order chi connectivity index (χ0) is 15.5. The Labute approximate surface area is 125 Å². The van der Waals surface area contributed by atoms with Crippen LogP contribution in [0, 0.1) is 5.82 Å². The van der Waals surface area contributed by atoms with Crippen LogP contribution in [-0.2, 0) is 10.0 Å². The van der Waals surface area contributed by atoms with Crippen LogP contribution in [0.3, 0.4) is 0 Å². The molecule has 0 aliphatic carbocycles. The maximum Gasteiger partial charge on any atom is 0.338 e. The van der Waals surface area contributed by atoms with Crippen LogP contribution in [0.2, 0.25) is 5.02 Å². The molecule has 0 amide bonds. The molecule has 5 nitrogen and oxygen atoms in total. The lowest BCUT2D eigenvalue weighted by atomic mass is 10.2. The third-order valence-corrected chi connectivity index (χ3v) is 5.20. The molecule has 1 rings (SSSR count). The molecular weight excluding hydrogens is 329 g/mol. The van der Waals surface area contributed by atoms with E-state index in [1.807, 2.05) is 6.26 Å². The lowest BCUT2D eigenvalue weighted by Crippen LogP contribution is -2.30. The van der Waals surface area contributed by atoms with Crippen LogP contribution in [0.4, 0.5) is 4.39 Å². The Hall–Kier alpha value is -0.830. The van der Waals surface area contributed by atoms with Gasteiger partial charge in [0.15, 0.2) is 5.82 Å². The molecule has 0 radical (unpaired) electrons. The van der Waals surface area contributed by atoms with Gasteiger partial charge in [0.25, 0.3) is 0 Å². The first-order chi connectivity index (χ1) is 9.21. The summed E-state index contributed by atoms with van der Waals surface area (Å²) in [4.78, 5) is 10.2. The normalized spacial score (nSPS) is 11.8. The van der Waals surface area contributed by atoms with Crippen molar-refractivity contribution in [3.63, 3.8) is 0 Å². The van der Waals surface area contributed by atoms with Crippen molar-refractivity contribution in [3.05, 3.63) is 28.5 Å². The minimum absolute atomic E-state index is 0.152. The molecular formula is C11H13ClFNO4S2. The standard InChI is InChI=1S/C11H13ClFNO4S2/c1-14(3-4-19-2)20(17,18)9-6-7(12)5-8(10(9)13)11(15)16/h5-6H,3-4H2,1-2H3,(H,15,16). The molecule has 0 saturated heterocycles. The van der Waals surface area contributed by atoms with E-state index in [-0.39, 0.29) is 11.6 Å². The van der Waals surface area contributed by atoms with Gasteiger partial charge in [-0.2, -0.15) is 11.8 Å². The maximum atomic E-state index is 14.0. The number of sulfonamides is 1. The van der Waals surface area contributed by atoms with Gasteiger partial charge in [-0.25, -0.2) is 21.9 Å². The molecule has 0 fully saturated rings. The molecule has 1 N–H and O–H groups in total. The topological polar surface area (TPSA) is 74.7 Å². The number of rotatable bonds is 6. The van der Waals surface area contributed by atoms with E-state index in [4.69, 9.17) is 16.7 Å². The largest absolute Gasteiger partial charge is 0.478 e. The number of carboxylic acid groups (broad SMARTS) is 1. The van der Waals surface area contributed by atoms with Crippen molar-refractivity contribution in [1.29, 1.82) is 0 Å². The summed E-state index contributed by atoms with van der Waals surface area (Å²) in [5, 5.41) is 8.70. The second-order valence-corrected chi connectivity index (χ2v) is 7.33. The minimum Gasteiger partial charge on any atom is -0.478 e. The number of benzene rings is 1. The molecule has 0 aliphatic heterocycles. The highest BCUT2D eigenvalue weighted by Gasteiger charge is 2.28. The molecule has 0 saturated carbocycles. The van der Waals surface area contributed by atoms with Crippen LogP contribution < -0.4 is 0 Å². The summed E-state index contributed by atoms with van der Waals surface area (Å²) in [6, 6.07) is 1.79. The number of thioether (sulfide) groups is 1. The van der Waals surface area contributed by atoms with Crippen LogP contribution in [0.25, 0.3) is 0 Å². The predicted octanol–water partition coefficient (Wildman–Crippen LogP) is 2.16.